The van der Waals surface area contributed by atoms with Gasteiger partial charge in [-0.3, -0.25) is 0 Å². The second-order valence-electron chi connectivity index (χ2n) is 4.41. The molecular weight excluding hydrogens is 300 g/mol. The molecule has 1 aromatic carbocycles. The Morgan fingerprint density at radius 3 is 2.68 bits per heavy atom. The van der Waals surface area contributed by atoms with Crippen molar-refractivity contribution in [2.45, 2.75) is 0 Å². The third-order valence-electron chi connectivity index (χ3n) is 3.09. The predicted octanol–water partition coefficient (Wildman–Crippen LogP) is 3.06. The molecule has 1 aliphatic rings. The summed E-state index contributed by atoms with van der Waals surface area (Å²) in [6.07, 6.45) is 6.01. The van der Waals surface area contributed by atoms with Crippen LogP contribution in [0, 0.1) is 0 Å². The molecule has 0 spiro atoms. The Morgan fingerprint density at radius 1 is 1.23 bits per heavy atom. The molecule has 0 bridgehead atoms. The lowest BCUT2D eigenvalue weighted by Gasteiger charge is -2.08. The molecule has 0 amide bonds. The molecule has 0 atom stereocenters. The number of fused-ring (bicyclic) bond motifs is 1. The van der Waals surface area contributed by atoms with Gasteiger partial charge in [-0.1, -0.05) is 24.3 Å². The highest BCUT2D eigenvalue weighted by Gasteiger charge is 2.16. The summed E-state index contributed by atoms with van der Waals surface area (Å²) in [5.74, 6) is 0.545. The Balaban J connectivity index is 2.58. The van der Waals surface area contributed by atoms with Crippen LogP contribution in [-0.2, 0) is 19.1 Å². The van der Waals surface area contributed by atoms with Gasteiger partial charge in [0.2, 0.25) is 0 Å². The minimum atomic E-state index is -0.429. The fourth-order valence-electron chi connectivity index (χ4n) is 2.09. The number of benzene rings is 1. The van der Waals surface area contributed by atoms with Gasteiger partial charge < -0.3 is 14.3 Å². The van der Waals surface area contributed by atoms with Crippen molar-refractivity contribution in [2.75, 3.05) is 20.0 Å². The highest BCUT2D eigenvalue weighted by molar-refractivity contribution is 8.03. The molecule has 4 nitrogen and oxygen atoms in total. The molecule has 114 valence electrons. The van der Waals surface area contributed by atoms with E-state index in [0.717, 1.165) is 27.9 Å². The quantitative estimate of drug-likeness (QED) is 0.475. The van der Waals surface area contributed by atoms with Crippen molar-refractivity contribution in [3.8, 4) is 0 Å². The maximum atomic E-state index is 11.6. The van der Waals surface area contributed by atoms with Crippen molar-refractivity contribution in [3.63, 3.8) is 0 Å². The van der Waals surface area contributed by atoms with Crippen LogP contribution in [0.25, 0.3) is 11.6 Å². The minimum Gasteiger partial charge on any atom is -0.496 e. The minimum absolute atomic E-state index is 0.314. The predicted molar refractivity (Wildman–Crippen MR) is 88.0 cm³/mol. The number of methoxy groups -OCH3 is 2. The van der Waals surface area contributed by atoms with Gasteiger partial charge in [0, 0.05) is 6.08 Å². The van der Waals surface area contributed by atoms with Gasteiger partial charge in [0.05, 0.1) is 24.9 Å². The second-order valence-corrected chi connectivity index (χ2v) is 5.47. The van der Waals surface area contributed by atoms with Gasteiger partial charge >= 0.3 is 5.97 Å². The average molecular weight is 316 g/mol. The van der Waals surface area contributed by atoms with Crippen LogP contribution in [0.5, 0.6) is 0 Å². The SMILES string of the molecule is COC(=O)/C=C1\C=C(SCC=O)C(OC)=Cc2ccccc21. The zero-order valence-corrected chi connectivity index (χ0v) is 13.2. The van der Waals surface area contributed by atoms with Crippen molar-refractivity contribution in [1.29, 1.82) is 0 Å². The number of aldehydes is 1. The Morgan fingerprint density at radius 2 is 2.00 bits per heavy atom. The van der Waals surface area contributed by atoms with E-state index in [0.29, 0.717) is 11.5 Å². The Bertz CT molecular complexity index is 671. The molecule has 1 aromatic rings. The van der Waals surface area contributed by atoms with Crippen LogP contribution in [0.4, 0.5) is 0 Å². The molecule has 2 rings (SSSR count). The monoisotopic (exact) mass is 316 g/mol. The first-order valence-corrected chi connectivity index (χ1v) is 7.61. The van der Waals surface area contributed by atoms with Crippen LogP contribution in [0.3, 0.4) is 0 Å². The summed E-state index contributed by atoms with van der Waals surface area (Å²) in [7, 11) is 2.92. The van der Waals surface area contributed by atoms with E-state index in [1.807, 2.05) is 36.4 Å². The number of ether oxygens (including phenoxy) is 2. The van der Waals surface area contributed by atoms with Gasteiger partial charge in [-0.2, -0.15) is 0 Å². The largest absolute Gasteiger partial charge is 0.496 e. The van der Waals surface area contributed by atoms with E-state index >= 15 is 0 Å². The summed E-state index contributed by atoms with van der Waals surface area (Å²) in [4.78, 5) is 23.1. The number of carbonyl (C=O) groups is 2. The van der Waals surface area contributed by atoms with E-state index in [-0.39, 0.29) is 0 Å². The molecule has 5 heteroatoms. The van der Waals surface area contributed by atoms with Gasteiger partial charge in [0.25, 0.3) is 0 Å². The van der Waals surface area contributed by atoms with Crippen molar-refractivity contribution in [1.82, 2.24) is 0 Å². The molecule has 0 heterocycles. The maximum absolute atomic E-state index is 11.6. The van der Waals surface area contributed by atoms with Gasteiger partial charge in [-0.25, -0.2) is 4.79 Å². The molecule has 1 aliphatic carbocycles. The first-order valence-electron chi connectivity index (χ1n) is 6.63. The van der Waals surface area contributed by atoms with Crippen molar-refractivity contribution >= 4 is 35.7 Å². The molecule has 0 unspecified atom stereocenters. The summed E-state index contributed by atoms with van der Waals surface area (Å²) < 4.78 is 10.2. The molecule has 0 radical (unpaired) electrons. The third kappa shape index (κ3) is 3.68. The standard InChI is InChI=1S/C17H16O4S/c1-20-15-9-12-5-3-4-6-14(12)13(11-17(19)21-2)10-16(15)22-8-7-18/h3-7,9-11H,8H2,1-2H3/b13-11+. The number of esters is 1. The van der Waals surface area contributed by atoms with E-state index < -0.39 is 5.97 Å². The molecule has 0 fully saturated rings. The fraction of sp³-hybridized carbons (Fsp3) is 0.176. The van der Waals surface area contributed by atoms with Crippen LogP contribution in [-0.4, -0.2) is 32.2 Å². The van der Waals surface area contributed by atoms with Gasteiger partial charge in [-0.15, -0.1) is 11.8 Å². The number of hydrogen-bond acceptors (Lipinski definition) is 5. The average Bonchev–Trinajstić information content (AvgIpc) is 2.69. The summed E-state index contributed by atoms with van der Waals surface area (Å²) in [5, 5.41) is 0. The smallest absolute Gasteiger partial charge is 0.331 e. The lowest BCUT2D eigenvalue weighted by atomic mass is 10.0. The molecule has 0 N–H and O–H groups in total. The van der Waals surface area contributed by atoms with E-state index in [1.54, 1.807) is 7.11 Å². The highest BCUT2D eigenvalue weighted by Crippen LogP contribution is 2.35. The first kappa shape index (κ1) is 16.1. The molecular formula is C17H16O4S. The summed E-state index contributed by atoms with van der Waals surface area (Å²) in [5.41, 5.74) is 2.57. The van der Waals surface area contributed by atoms with Gasteiger partial charge in [0.15, 0.2) is 0 Å². The Labute approximate surface area is 133 Å². The van der Waals surface area contributed by atoms with Crippen molar-refractivity contribution < 1.29 is 19.1 Å². The molecule has 0 saturated heterocycles. The van der Waals surface area contributed by atoms with Crippen molar-refractivity contribution in [3.05, 3.63) is 58.2 Å². The van der Waals surface area contributed by atoms with Crippen LogP contribution >= 0.6 is 11.8 Å². The van der Waals surface area contributed by atoms with Crippen LogP contribution in [0.2, 0.25) is 0 Å². The van der Waals surface area contributed by atoms with Crippen LogP contribution in [0.15, 0.2) is 47.1 Å². The highest BCUT2D eigenvalue weighted by atomic mass is 32.2. The number of hydrogen-bond donors (Lipinski definition) is 0. The van der Waals surface area contributed by atoms with E-state index in [9.17, 15) is 9.59 Å². The van der Waals surface area contributed by atoms with E-state index in [4.69, 9.17) is 9.47 Å². The molecule has 0 saturated carbocycles. The molecule has 22 heavy (non-hydrogen) atoms. The molecule has 0 aliphatic heterocycles. The number of thioether (sulfide) groups is 1. The fourth-order valence-corrected chi connectivity index (χ4v) is 2.83. The van der Waals surface area contributed by atoms with E-state index in [1.165, 1.54) is 24.9 Å². The molecule has 0 aromatic heterocycles. The summed E-state index contributed by atoms with van der Waals surface area (Å²) in [6, 6.07) is 7.70. The normalized spacial score (nSPS) is 15.3. The van der Waals surface area contributed by atoms with Gasteiger partial charge in [-0.05, 0) is 28.9 Å². The first-order chi connectivity index (χ1) is 10.7. The number of allylic oxidation sites excluding steroid dienone is 2. The third-order valence-corrected chi connectivity index (χ3v) is 4.02. The summed E-state index contributed by atoms with van der Waals surface area (Å²) >= 11 is 1.36. The lowest BCUT2D eigenvalue weighted by Crippen LogP contribution is -1.97. The number of carbonyl (C=O) groups excluding carboxylic acids is 2. The Kier molecular flexibility index (Phi) is 5.61. The number of rotatable bonds is 5. The van der Waals surface area contributed by atoms with Crippen LogP contribution in [0.1, 0.15) is 11.1 Å². The topological polar surface area (TPSA) is 52.6 Å². The lowest BCUT2D eigenvalue weighted by molar-refractivity contribution is -0.134. The maximum Gasteiger partial charge on any atom is 0.331 e. The van der Waals surface area contributed by atoms with E-state index in [2.05, 4.69) is 0 Å². The zero-order chi connectivity index (χ0) is 15.9. The van der Waals surface area contributed by atoms with Gasteiger partial charge in [0.1, 0.15) is 12.0 Å². The zero-order valence-electron chi connectivity index (χ0n) is 12.4. The summed E-state index contributed by atoms with van der Waals surface area (Å²) in [6.45, 7) is 0. The van der Waals surface area contributed by atoms with Crippen LogP contribution < -0.4 is 0 Å². The second kappa shape index (κ2) is 7.66. The Hall–Kier alpha value is -2.27. The van der Waals surface area contributed by atoms with Crippen molar-refractivity contribution in [2.24, 2.45) is 0 Å².